The van der Waals surface area contributed by atoms with Crippen molar-refractivity contribution in [3.63, 3.8) is 0 Å². The van der Waals surface area contributed by atoms with Gasteiger partial charge in [-0.1, -0.05) is 12.1 Å². The minimum Gasteiger partial charge on any atom is -0.370 e. The van der Waals surface area contributed by atoms with Crippen molar-refractivity contribution >= 4 is 15.7 Å². The Kier molecular flexibility index (Phi) is 4.91. The second-order valence-electron chi connectivity index (χ2n) is 6.44. The van der Waals surface area contributed by atoms with Crippen molar-refractivity contribution in [2.24, 2.45) is 13.0 Å². The molecular formula is C17H22N4O3S. The zero-order chi connectivity index (χ0) is 18.0. The minimum absolute atomic E-state index is 0.152. The lowest BCUT2D eigenvalue weighted by atomic mass is 10.1. The number of rotatable bonds is 5. The molecule has 8 heteroatoms. The second kappa shape index (κ2) is 6.97. The van der Waals surface area contributed by atoms with Crippen LogP contribution in [0.15, 0.2) is 46.2 Å². The molecule has 0 aliphatic carbocycles. The van der Waals surface area contributed by atoms with Gasteiger partial charge in [0.05, 0.1) is 16.8 Å². The zero-order valence-electron chi connectivity index (χ0n) is 14.3. The monoisotopic (exact) mass is 362 g/mol. The van der Waals surface area contributed by atoms with Crippen LogP contribution in [-0.2, 0) is 17.1 Å². The van der Waals surface area contributed by atoms with Crippen LogP contribution in [0.2, 0.25) is 0 Å². The first-order chi connectivity index (χ1) is 11.8. The van der Waals surface area contributed by atoms with Gasteiger partial charge in [-0.25, -0.2) is 17.8 Å². The number of hydrogen-bond acceptors (Lipinski definition) is 5. The van der Waals surface area contributed by atoms with Gasteiger partial charge >= 0.3 is 0 Å². The normalized spacial score (nSPS) is 17.8. The summed E-state index contributed by atoms with van der Waals surface area (Å²) in [7, 11) is -1.89. The molecular weight excluding hydrogens is 340 g/mol. The number of hydrogen-bond donors (Lipinski definition) is 1. The molecule has 7 nitrogen and oxygen atoms in total. The van der Waals surface area contributed by atoms with Crippen molar-refractivity contribution in [3.8, 4) is 0 Å². The summed E-state index contributed by atoms with van der Waals surface area (Å²) >= 11 is 0. The number of aromatic nitrogens is 2. The van der Waals surface area contributed by atoms with E-state index >= 15 is 0 Å². The topological polar surface area (TPSA) is 84.3 Å². The largest absolute Gasteiger partial charge is 0.370 e. The Morgan fingerprint density at radius 3 is 2.84 bits per heavy atom. The van der Waals surface area contributed by atoms with E-state index in [-0.39, 0.29) is 16.4 Å². The third kappa shape index (κ3) is 4.08. The van der Waals surface area contributed by atoms with Gasteiger partial charge in [0.2, 0.25) is 10.0 Å². The average Bonchev–Trinajstić information content (AvgIpc) is 3.05. The van der Waals surface area contributed by atoms with Crippen LogP contribution in [0.25, 0.3) is 0 Å². The highest BCUT2D eigenvalue weighted by Crippen LogP contribution is 2.22. The molecule has 1 aromatic heterocycles. The summed E-state index contributed by atoms with van der Waals surface area (Å²) < 4.78 is 28.8. The highest BCUT2D eigenvalue weighted by atomic mass is 32.2. The van der Waals surface area contributed by atoms with Gasteiger partial charge < -0.3 is 4.90 Å². The Hall–Kier alpha value is -2.19. The third-order valence-corrected chi connectivity index (χ3v) is 5.89. The van der Waals surface area contributed by atoms with Gasteiger partial charge in [0.25, 0.3) is 5.56 Å². The second-order valence-corrected chi connectivity index (χ2v) is 8.21. The molecule has 0 spiro atoms. The van der Waals surface area contributed by atoms with Gasteiger partial charge in [-0.15, -0.1) is 0 Å². The van der Waals surface area contributed by atoms with E-state index in [1.807, 2.05) is 13.0 Å². The quantitative estimate of drug-likeness (QED) is 0.854. The standard InChI is InChI=1S/C17H22N4O3S/c1-13-4-3-5-16(8-13)25(23,24)19-10-14-6-7-21(12-14)15-9-17(22)20(2)18-11-15/h3-5,8-9,11,14,19H,6-7,10,12H2,1-2H3. The number of nitrogens with one attached hydrogen (secondary N) is 1. The van der Waals surface area contributed by atoms with Crippen molar-refractivity contribution in [2.75, 3.05) is 24.5 Å². The molecule has 1 N–H and O–H groups in total. The van der Waals surface area contributed by atoms with E-state index in [2.05, 4.69) is 14.7 Å². The van der Waals surface area contributed by atoms with Gasteiger partial charge in [-0.3, -0.25) is 4.79 Å². The molecule has 134 valence electrons. The molecule has 0 radical (unpaired) electrons. The highest BCUT2D eigenvalue weighted by molar-refractivity contribution is 7.89. The first-order valence-electron chi connectivity index (χ1n) is 8.20. The molecule has 2 aromatic rings. The number of anilines is 1. The van der Waals surface area contributed by atoms with Gasteiger partial charge in [0, 0.05) is 32.7 Å². The summed E-state index contributed by atoms with van der Waals surface area (Å²) in [5.41, 5.74) is 1.54. The maximum absolute atomic E-state index is 12.4. The van der Waals surface area contributed by atoms with Gasteiger partial charge in [-0.05, 0) is 37.0 Å². The molecule has 3 rings (SSSR count). The molecule has 1 aliphatic heterocycles. The van der Waals surface area contributed by atoms with Crippen LogP contribution >= 0.6 is 0 Å². The first kappa shape index (κ1) is 17.6. The maximum atomic E-state index is 12.4. The summed E-state index contributed by atoms with van der Waals surface area (Å²) in [5, 5.41) is 4.03. The van der Waals surface area contributed by atoms with Crippen LogP contribution in [0.5, 0.6) is 0 Å². The van der Waals surface area contributed by atoms with Crippen molar-refractivity contribution in [1.29, 1.82) is 0 Å². The average molecular weight is 362 g/mol. The molecule has 2 heterocycles. The molecule has 0 bridgehead atoms. The lowest BCUT2D eigenvalue weighted by molar-refractivity contribution is 0.541. The van der Waals surface area contributed by atoms with E-state index in [4.69, 9.17) is 0 Å². The molecule has 1 saturated heterocycles. The fourth-order valence-corrected chi connectivity index (χ4v) is 4.18. The van der Waals surface area contributed by atoms with E-state index in [0.717, 1.165) is 24.2 Å². The van der Waals surface area contributed by atoms with Crippen LogP contribution < -0.4 is 15.2 Å². The summed E-state index contributed by atoms with van der Waals surface area (Å²) in [6.07, 6.45) is 2.53. The molecule has 1 aromatic carbocycles. The van der Waals surface area contributed by atoms with Crippen LogP contribution in [0.4, 0.5) is 5.69 Å². The van der Waals surface area contributed by atoms with Crippen molar-refractivity contribution in [3.05, 3.63) is 52.4 Å². The smallest absolute Gasteiger partial charge is 0.268 e. The van der Waals surface area contributed by atoms with Gasteiger partial charge in [-0.2, -0.15) is 5.10 Å². The SMILES string of the molecule is Cc1cccc(S(=O)(=O)NCC2CCN(c3cnn(C)c(=O)c3)C2)c1. The van der Waals surface area contributed by atoms with Crippen LogP contribution in [-0.4, -0.2) is 37.8 Å². The Bertz CT molecular complexity index is 923. The lowest BCUT2D eigenvalue weighted by Gasteiger charge is -2.18. The summed E-state index contributed by atoms with van der Waals surface area (Å²) in [4.78, 5) is 14.1. The number of sulfonamides is 1. The van der Waals surface area contributed by atoms with Gasteiger partial charge in [0.1, 0.15) is 0 Å². The summed E-state index contributed by atoms with van der Waals surface area (Å²) in [5.74, 6) is 0.198. The zero-order valence-corrected chi connectivity index (χ0v) is 15.2. The van der Waals surface area contributed by atoms with E-state index in [9.17, 15) is 13.2 Å². The number of nitrogens with zero attached hydrogens (tertiary/aromatic N) is 3. The summed E-state index contributed by atoms with van der Waals surface area (Å²) in [6, 6.07) is 8.43. The minimum atomic E-state index is -3.50. The Labute approximate surface area is 147 Å². The highest BCUT2D eigenvalue weighted by Gasteiger charge is 2.25. The molecule has 1 fully saturated rings. The first-order valence-corrected chi connectivity index (χ1v) is 9.68. The molecule has 1 aliphatic rings. The van der Waals surface area contributed by atoms with Crippen molar-refractivity contribution in [1.82, 2.24) is 14.5 Å². The molecule has 0 amide bonds. The van der Waals surface area contributed by atoms with E-state index in [0.29, 0.717) is 13.1 Å². The number of benzene rings is 1. The molecule has 25 heavy (non-hydrogen) atoms. The molecule has 0 saturated carbocycles. The number of aryl methyl sites for hydroxylation is 2. The predicted octanol–water partition coefficient (Wildman–Crippen LogP) is 0.894. The van der Waals surface area contributed by atoms with Crippen LogP contribution in [0.3, 0.4) is 0 Å². The van der Waals surface area contributed by atoms with Crippen molar-refractivity contribution < 1.29 is 8.42 Å². The molecule has 1 unspecified atom stereocenters. The fraction of sp³-hybridized carbons (Fsp3) is 0.412. The van der Waals surface area contributed by atoms with E-state index in [1.165, 1.54) is 4.68 Å². The Morgan fingerprint density at radius 2 is 2.12 bits per heavy atom. The van der Waals surface area contributed by atoms with Gasteiger partial charge in [0.15, 0.2) is 0 Å². The maximum Gasteiger partial charge on any atom is 0.268 e. The lowest BCUT2D eigenvalue weighted by Crippen LogP contribution is -2.31. The Morgan fingerprint density at radius 1 is 1.32 bits per heavy atom. The predicted molar refractivity (Wildman–Crippen MR) is 96.2 cm³/mol. The van der Waals surface area contributed by atoms with Crippen molar-refractivity contribution in [2.45, 2.75) is 18.2 Å². The van der Waals surface area contributed by atoms with E-state index < -0.39 is 10.0 Å². The van der Waals surface area contributed by atoms with E-state index in [1.54, 1.807) is 37.5 Å². The van der Waals surface area contributed by atoms with Crippen LogP contribution in [0, 0.1) is 12.8 Å². The molecule has 1 atom stereocenters. The fourth-order valence-electron chi connectivity index (χ4n) is 2.96. The summed E-state index contributed by atoms with van der Waals surface area (Å²) in [6.45, 7) is 3.73. The van der Waals surface area contributed by atoms with Crippen LogP contribution in [0.1, 0.15) is 12.0 Å². The Balaban J connectivity index is 1.61. The third-order valence-electron chi connectivity index (χ3n) is 4.47.